The van der Waals surface area contributed by atoms with Crippen LogP contribution in [0.3, 0.4) is 0 Å². The van der Waals surface area contributed by atoms with E-state index in [2.05, 4.69) is 5.32 Å². The van der Waals surface area contributed by atoms with Crippen molar-refractivity contribution in [1.82, 2.24) is 0 Å². The van der Waals surface area contributed by atoms with Gasteiger partial charge >= 0.3 is 0 Å². The molecule has 0 spiro atoms. The topological polar surface area (TPSA) is 130 Å². The molecule has 0 bridgehead atoms. The third-order valence-corrected chi connectivity index (χ3v) is 2.96. The van der Waals surface area contributed by atoms with Gasteiger partial charge in [-0.25, -0.2) is 5.21 Å². The quantitative estimate of drug-likeness (QED) is 0.348. The average molecular weight is 272 g/mol. The Morgan fingerprint density at radius 2 is 2.05 bits per heavy atom. The number of hydrogen-bond donors (Lipinski definition) is 6. The van der Waals surface area contributed by atoms with Crippen LogP contribution in [0, 0.1) is 5.21 Å². The van der Waals surface area contributed by atoms with Gasteiger partial charge in [0.2, 0.25) is 0 Å². The molecular formula is C11H16N2O6. The lowest BCUT2D eigenvalue weighted by molar-refractivity contribution is -0.991. The number of quaternary nitrogens is 1. The summed E-state index contributed by atoms with van der Waals surface area (Å²) in [5, 5.41) is 49.7. The monoisotopic (exact) mass is 272 g/mol. The third-order valence-electron chi connectivity index (χ3n) is 2.96. The van der Waals surface area contributed by atoms with Crippen LogP contribution in [0.2, 0.25) is 0 Å². The fourth-order valence-corrected chi connectivity index (χ4v) is 1.93. The standard InChI is InChI=1S/C11H16N2O6/c14-5-8-9(15)10(16)11(19-8)12-6-2-1-3-7(4-6)13(17)18/h1-4,8-17H,5H2/t8-,9-,10-,11+/m1/s1. The van der Waals surface area contributed by atoms with E-state index in [0.717, 1.165) is 0 Å². The van der Waals surface area contributed by atoms with Gasteiger partial charge in [-0.2, -0.15) is 5.23 Å². The van der Waals surface area contributed by atoms with Crippen molar-refractivity contribution >= 4 is 11.4 Å². The minimum atomic E-state index is -1.20. The molecule has 19 heavy (non-hydrogen) atoms. The summed E-state index contributed by atoms with van der Waals surface area (Å²) in [6.07, 6.45) is -4.16. The van der Waals surface area contributed by atoms with Crippen molar-refractivity contribution in [2.75, 3.05) is 11.9 Å². The molecule has 106 valence electrons. The Hall–Kier alpha value is -1.26. The molecule has 6 N–H and O–H groups in total. The zero-order valence-electron chi connectivity index (χ0n) is 9.93. The molecule has 8 heteroatoms. The van der Waals surface area contributed by atoms with E-state index in [-0.39, 0.29) is 5.69 Å². The zero-order valence-corrected chi connectivity index (χ0v) is 9.93. The maximum Gasteiger partial charge on any atom is 0.165 e. The number of ether oxygens (including phenoxy) is 1. The van der Waals surface area contributed by atoms with E-state index in [1.807, 2.05) is 0 Å². The molecule has 0 aromatic heterocycles. The Bertz CT molecular complexity index is 429. The lowest BCUT2D eigenvalue weighted by Crippen LogP contribution is -2.99. The molecule has 5 atom stereocenters. The first kappa shape index (κ1) is 14.2. The van der Waals surface area contributed by atoms with Crippen molar-refractivity contribution < 1.29 is 30.5 Å². The van der Waals surface area contributed by atoms with E-state index in [1.165, 1.54) is 12.1 Å². The molecule has 1 heterocycles. The van der Waals surface area contributed by atoms with E-state index in [4.69, 9.17) is 15.1 Å². The smallest absolute Gasteiger partial charge is 0.165 e. The van der Waals surface area contributed by atoms with E-state index in [0.29, 0.717) is 5.69 Å². The van der Waals surface area contributed by atoms with Crippen LogP contribution in [-0.4, -0.2) is 51.7 Å². The van der Waals surface area contributed by atoms with E-state index in [9.17, 15) is 15.4 Å². The van der Waals surface area contributed by atoms with Crippen molar-refractivity contribution in [2.24, 2.45) is 0 Å². The Balaban J connectivity index is 2.07. The summed E-state index contributed by atoms with van der Waals surface area (Å²) in [6.45, 7) is -0.411. The average Bonchev–Trinajstić information content (AvgIpc) is 2.67. The van der Waals surface area contributed by atoms with Crippen molar-refractivity contribution in [1.29, 1.82) is 0 Å². The van der Waals surface area contributed by atoms with Crippen LogP contribution in [-0.2, 0) is 4.74 Å². The highest BCUT2D eigenvalue weighted by atomic mass is 16.8. The molecule has 0 aliphatic carbocycles. The second kappa shape index (κ2) is 5.80. The fourth-order valence-electron chi connectivity index (χ4n) is 1.93. The lowest BCUT2D eigenvalue weighted by atomic mass is 10.1. The van der Waals surface area contributed by atoms with Gasteiger partial charge in [0, 0.05) is 17.8 Å². The number of benzene rings is 1. The molecular weight excluding hydrogens is 256 g/mol. The van der Waals surface area contributed by atoms with Crippen LogP contribution in [0.15, 0.2) is 24.3 Å². The number of aliphatic hydroxyl groups is 3. The Labute approximate surface area is 109 Å². The summed E-state index contributed by atoms with van der Waals surface area (Å²) in [6, 6.07) is 5.98. The van der Waals surface area contributed by atoms with Gasteiger partial charge in [-0.3, -0.25) is 0 Å². The Morgan fingerprint density at radius 3 is 2.63 bits per heavy atom. The first-order chi connectivity index (χ1) is 9.02. The summed E-state index contributed by atoms with van der Waals surface area (Å²) >= 11 is 0. The number of aliphatic hydroxyl groups excluding tert-OH is 3. The maximum absolute atomic E-state index is 10.8. The molecule has 1 aliphatic rings. The summed E-state index contributed by atoms with van der Waals surface area (Å²) in [7, 11) is 0. The number of hydrogen-bond acceptors (Lipinski definition) is 7. The second-order valence-corrected chi connectivity index (χ2v) is 4.29. The van der Waals surface area contributed by atoms with Gasteiger partial charge in [0.25, 0.3) is 0 Å². The van der Waals surface area contributed by atoms with E-state index in [1.54, 1.807) is 12.1 Å². The van der Waals surface area contributed by atoms with Crippen molar-refractivity contribution in [2.45, 2.75) is 24.5 Å². The van der Waals surface area contributed by atoms with Gasteiger partial charge in [0.05, 0.1) is 6.61 Å². The van der Waals surface area contributed by atoms with Crippen LogP contribution < -0.4 is 10.5 Å². The molecule has 1 unspecified atom stereocenters. The van der Waals surface area contributed by atoms with Crippen molar-refractivity contribution in [3.05, 3.63) is 29.5 Å². The fraction of sp³-hybridized carbons (Fsp3) is 0.455. The highest BCUT2D eigenvalue weighted by Gasteiger charge is 2.42. The third kappa shape index (κ3) is 3.01. The minimum Gasteiger partial charge on any atom is -0.595 e. The molecule has 0 radical (unpaired) electrons. The molecule has 1 aliphatic heterocycles. The van der Waals surface area contributed by atoms with Crippen LogP contribution in [0.5, 0.6) is 0 Å². The van der Waals surface area contributed by atoms with Gasteiger partial charge in [-0.15, -0.1) is 0 Å². The normalized spacial score (nSPS) is 32.3. The Kier molecular flexibility index (Phi) is 4.32. The van der Waals surface area contributed by atoms with E-state index >= 15 is 0 Å². The molecule has 2 rings (SSSR count). The summed E-state index contributed by atoms with van der Waals surface area (Å²) in [4.78, 5) is 0. The summed E-state index contributed by atoms with van der Waals surface area (Å²) in [5.41, 5.74) is 0.534. The van der Waals surface area contributed by atoms with Gasteiger partial charge in [-0.1, -0.05) is 6.07 Å². The molecule has 1 fully saturated rings. The first-order valence-electron chi connectivity index (χ1n) is 5.75. The van der Waals surface area contributed by atoms with Gasteiger partial charge in [0.15, 0.2) is 11.9 Å². The largest absolute Gasteiger partial charge is 0.595 e. The summed E-state index contributed by atoms with van der Waals surface area (Å²) < 4.78 is 5.23. The number of nitrogens with one attached hydrogen (secondary N) is 2. The van der Waals surface area contributed by atoms with Crippen LogP contribution in [0.1, 0.15) is 0 Å². The molecule has 1 aromatic carbocycles. The van der Waals surface area contributed by atoms with Crippen LogP contribution >= 0.6 is 0 Å². The molecule has 1 saturated heterocycles. The maximum atomic E-state index is 10.8. The van der Waals surface area contributed by atoms with Crippen LogP contribution in [0.25, 0.3) is 0 Å². The van der Waals surface area contributed by atoms with Gasteiger partial charge < -0.3 is 30.6 Å². The minimum absolute atomic E-state index is 0.0942. The van der Waals surface area contributed by atoms with Crippen molar-refractivity contribution in [3.8, 4) is 0 Å². The zero-order chi connectivity index (χ0) is 14.0. The molecule has 1 aromatic rings. The molecule has 8 nitrogen and oxygen atoms in total. The van der Waals surface area contributed by atoms with Gasteiger partial charge in [0.1, 0.15) is 18.3 Å². The van der Waals surface area contributed by atoms with Gasteiger partial charge in [-0.05, 0) is 6.07 Å². The van der Waals surface area contributed by atoms with Crippen LogP contribution in [0.4, 0.5) is 11.4 Å². The SMILES string of the molecule is [O-][NH+](O)c1cccc(N[C@H]2O[C@H](CO)[C@@H](O)[C@H]2O)c1. The van der Waals surface area contributed by atoms with Crippen molar-refractivity contribution in [3.63, 3.8) is 0 Å². The second-order valence-electron chi connectivity index (χ2n) is 4.29. The molecule has 0 saturated carbocycles. The number of rotatable bonds is 4. The predicted molar refractivity (Wildman–Crippen MR) is 63.6 cm³/mol. The summed E-state index contributed by atoms with van der Waals surface area (Å²) in [5.74, 6) is 0. The first-order valence-corrected chi connectivity index (χ1v) is 5.75. The lowest BCUT2D eigenvalue weighted by Gasteiger charge is -2.19. The molecule has 0 amide bonds. The predicted octanol–water partition coefficient (Wildman–Crippen LogP) is -2.06. The Morgan fingerprint density at radius 1 is 1.32 bits per heavy atom. The number of anilines is 1. The highest BCUT2D eigenvalue weighted by Crippen LogP contribution is 2.23. The highest BCUT2D eigenvalue weighted by molar-refractivity contribution is 5.51. The van der Waals surface area contributed by atoms with E-state index < -0.39 is 36.4 Å².